The highest BCUT2D eigenvalue weighted by atomic mass is 17.1. The molecule has 1 aliphatic heterocycles. The van der Waals surface area contributed by atoms with Gasteiger partial charge in [-0.25, -0.2) is 15.2 Å². The number of nitrogens with one attached hydrogen (secondary N) is 1. The Morgan fingerprint density at radius 3 is 2.79 bits per heavy atom. The highest BCUT2D eigenvalue weighted by molar-refractivity contribution is 6.04. The molecule has 4 aromatic rings. The Balaban J connectivity index is 1.42. The quantitative estimate of drug-likeness (QED) is 0.238. The van der Waals surface area contributed by atoms with Gasteiger partial charge in [-0.05, 0) is 18.6 Å². The average molecular weight is 450 g/mol. The Kier molecular flexibility index (Phi) is 6.25. The summed E-state index contributed by atoms with van der Waals surface area (Å²) in [6.07, 6.45) is 4.30. The molecule has 172 valence electrons. The maximum atomic E-state index is 9.16. The summed E-state index contributed by atoms with van der Waals surface area (Å²) in [5, 5.41) is 10.9. The van der Waals surface area contributed by atoms with Crippen LogP contribution in [0.1, 0.15) is 6.42 Å². The van der Waals surface area contributed by atoms with Gasteiger partial charge >= 0.3 is 0 Å². The van der Waals surface area contributed by atoms with E-state index in [1.807, 2.05) is 30.5 Å². The molecule has 1 saturated heterocycles. The molecule has 2 aromatic heterocycles. The van der Waals surface area contributed by atoms with Crippen molar-refractivity contribution in [3.8, 4) is 28.5 Å². The van der Waals surface area contributed by atoms with Crippen LogP contribution in [0, 0.1) is 0 Å². The smallest absolute Gasteiger partial charge is 0.189 e. The predicted octanol–water partition coefficient (Wildman–Crippen LogP) is 3.74. The third kappa shape index (κ3) is 4.30. The molecular weight excluding hydrogens is 424 g/mol. The lowest BCUT2D eigenvalue weighted by Gasteiger charge is -2.26. The molecule has 0 unspecified atom stereocenters. The van der Waals surface area contributed by atoms with Crippen LogP contribution in [0.3, 0.4) is 0 Å². The number of aromatic amines is 1. The maximum absolute atomic E-state index is 9.16. The molecule has 0 saturated carbocycles. The van der Waals surface area contributed by atoms with Gasteiger partial charge in [0.05, 0.1) is 43.7 Å². The number of ether oxygens (including phenoxy) is 3. The summed E-state index contributed by atoms with van der Waals surface area (Å²) in [5.41, 5.74) is 3.07. The lowest BCUT2D eigenvalue weighted by molar-refractivity contribution is -0.136. The van der Waals surface area contributed by atoms with Crippen LogP contribution >= 0.6 is 0 Å². The molecule has 2 aromatic carbocycles. The highest BCUT2D eigenvalue weighted by Crippen LogP contribution is 2.38. The van der Waals surface area contributed by atoms with E-state index < -0.39 is 0 Å². The van der Waals surface area contributed by atoms with Gasteiger partial charge in [0.25, 0.3) is 0 Å². The second-order valence-corrected chi connectivity index (χ2v) is 7.87. The summed E-state index contributed by atoms with van der Waals surface area (Å²) in [7, 11) is 1.63. The topological polar surface area (TPSA) is 102 Å². The van der Waals surface area contributed by atoms with Crippen LogP contribution < -0.4 is 14.4 Å². The number of H-pyrrole nitrogens is 1. The van der Waals surface area contributed by atoms with Crippen LogP contribution in [0.4, 0.5) is 0 Å². The number of morpholine rings is 1. The maximum Gasteiger partial charge on any atom is 0.189 e. The van der Waals surface area contributed by atoms with Crippen molar-refractivity contribution in [1.82, 2.24) is 19.9 Å². The van der Waals surface area contributed by atoms with Gasteiger partial charge < -0.3 is 24.1 Å². The van der Waals surface area contributed by atoms with Crippen molar-refractivity contribution in [3.05, 3.63) is 42.9 Å². The van der Waals surface area contributed by atoms with Crippen molar-refractivity contribution >= 4 is 21.8 Å². The fraction of sp³-hybridized carbons (Fsp3) is 0.333. The van der Waals surface area contributed by atoms with Crippen LogP contribution in [-0.2, 0) is 4.74 Å². The number of hydrogen-bond acceptors (Lipinski definition) is 8. The van der Waals surface area contributed by atoms with Gasteiger partial charge in [-0.15, -0.1) is 0 Å². The number of rotatable bonds is 8. The van der Waals surface area contributed by atoms with E-state index in [0.29, 0.717) is 29.4 Å². The molecule has 0 radical (unpaired) electrons. The number of hydrogen-bond donors (Lipinski definition) is 2. The monoisotopic (exact) mass is 450 g/mol. The van der Waals surface area contributed by atoms with E-state index in [9.17, 15) is 0 Å². The molecule has 3 heterocycles. The zero-order valence-electron chi connectivity index (χ0n) is 18.4. The van der Waals surface area contributed by atoms with Gasteiger partial charge in [0.15, 0.2) is 17.2 Å². The molecule has 9 nitrogen and oxygen atoms in total. The average Bonchev–Trinajstić information content (AvgIpc) is 3.30. The molecule has 0 atom stereocenters. The van der Waals surface area contributed by atoms with E-state index in [2.05, 4.69) is 24.7 Å². The zero-order chi connectivity index (χ0) is 22.6. The minimum Gasteiger partial charge on any atom is -0.493 e. The highest BCUT2D eigenvalue weighted by Gasteiger charge is 2.17. The zero-order valence-corrected chi connectivity index (χ0v) is 18.4. The first-order valence-electron chi connectivity index (χ1n) is 11.0. The number of fused-ring (bicyclic) bond motifs is 2. The molecule has 33 heavy (non-hydrogen) atoms. The standard InChI is InChI=1S/C24H26N4O5/c1-30-21-12-17-19(13-22(21)32-9-3-6-28-7-10-31-11-8-28)26-15-27-23(17)18-14-25-24-16(18)4-2-5-20(24)33-29/h2,4-5,12-15,25,29H,3,6-11H2,1H3. The molecular formula is C24H26N4O5. The summed E-state index contributed by atoms with van der Waals surface area (Å²) in [5.74, 6) is 1.64. The summed E-state index contributed by atoms with van der Waals surface area (Å²) in [6.45, 7) is 5.10. The summed E-state index contributed by atoms with van der Waals surface area (Å²) >= 11 is 0. The number of benzene rings is 2. The van der Waals surface area contributed by atoms with Crippen LogP contribution in [0.2, 0.25) is 0 Å². The Morgan fingerprint density at radius 1 is 1.09 bits per heavy atom. The van der Waals surface area contributed by atoms with E-state index in [4.69, 9.17) is 19.5 Å². The Morgan fingerprint density at radius 2 is 1.97 bits per heavy atom. The summed E-state index contributed by atoms with van der Waals surface area (Å²) in [4.78, 5) is 19.0. The molecule has 5 rings (SSSR count). The molecule has 1 aliphatic rings. The number of methoxy groups -OCH3 is 1. The molecule has 2 N–H and O–H groups in total. The first-order valence-corrected chi connectivity index (χ1v) is 11.0. The minimum atomic E-state index is 0.349. The van der Waals surface area contributed by atoms with E-state index in [0.717, 1.165) is 66.8 Å². The SMILES string of the molecule is COc1cc2c(-c3c[nH]c4c(OO)cccc34)ncnc2cc1OCCCN1CCOCC1. The molecule has 0 bridgehead atoms. The Bertz CT molecular complexity index is 1250. The van der Waals surface area contributed by atoms with Gasteiger partial charge in [0.2, 0.25) is 0 Å². The van der Waals surface area contributed by atoms with Crippen LogP contribution in [0.15, 0.2) is 42.9 Å². The van der Waals surface area contributed by atoms with E-state index in [1.165, 1.54) is 6.33 Å². The third-order valence-corrected chi connectivity index (χ3v) is 5.93. The van der Waals surface area contributed by atoms with Gasteiger partial charge in [0, 0.05) is 48.2 Å². The Labute approximate surface area is 190 Å². The summed E-state index contributed by atoms with van der Waals surface area (Å²) < 4.78 is 17.1. The number of para-hydroxylation sites is 1. The normalized spacial score (nSPS) is 14.6. The van der Waals surface area contributed by atoms with Gasteiger partial charge in [0.1, 0.15) is 6.33 Å². The number of nitrogens with zero attached hydrogens (tertiary/aromatic N) is 3. The fourth-order valence-electron chi connectivity index (χ4n) is 4.24. The van der Waals surface area contributed by atoms with Gasteiger partial charge in [-0.2, -0.15) is 0 Å². The third-order valence-electron chi connectivity index (χ3n) is 5.93. The van der Waals surface area contributed by atoms with Crippen LogP contribution in [-0.4, -0.2) is 71.7 Å². The largest absolute Gasteiger partial charge is 0.493 e. The van der Waals surface area contributed by atoms with Crippen molar-refractivity contribution in [2.75, 3.05) is 46.6 Å². The van der Waals surface area contributed by atoms with E-state index >= 15 is 0 Å². The minimum absolute atomic E-state index is 0.349. The van der Waals surface area contributed by atoms with Crippen molar-refractivity contribution in [3.63, 3.8) is 0 Å². The van der Waals surface area contributed by atoms with Crippen molar-refractivity contribution in [2.24, 2.45) is 0 Å². The lowest BCUT2D eigenvalue weighted by atomic mass is 10.0. The van der Waals surface area contributed by atoms with Gasteiger partial charge in [-0.3, -0.25) is 4.90 Å². The van der Waals surface area contributed by atoms with E-state index in [-0.39, 0.29) is 0 Å². The summed E-state index contributed by atoms with van der Waals surface area (Å²) in [6, 6.07) is 9.25. The second-order valence-electron chi connectivity index (χ2n) is 7.87. The fourth-order valence-corrected chi connectivity index (χ4v) is 4.24. The number of aromatic nitrogens is 3. The first-order chi connectivity index (χ1) is 16.3. The Hall–Kier alpha value is -3.40. The van der Waals surface area contributed by atoms with Crippen LogP contribution in [0.25, 0.3) is 33.1 Å². The first kappa shape index (κ1) is 21.4. The molecule has 1 fully saturated rings. The van der Waals surface area contributed by atoms with Crippen molar-refractivity contribution in [1.29, 1.82) is 0 Å². The van der Waals surface area contributed by atoms with Crippen molar-refractivity contribution in [2.45, 2.75) is 6.42 Å². The molecule has 9 heteroatoms. The lowest BCUT2D eigenvalue weighted by Crippen LogP contribution is -2.37. The molecule has 0 spiro atoms. The van der Waals surface area contributed by atoms with Gasteiger partial charge in [-0.1, -0.05) is 12.1 Å². The van der Waals surface area contributed by atoms with Crippen molar-refractivity contribution < 1.29 is 24.4 Å². The van der Waals surface area contributed by atoms with E-state index in [1.54, 1.807) is 13.2 Å². The molecule has 0 amide bonds. The second kappa shape index (κ2) is 9.62. The predicted molar refractivity (Wildman–Crippen MR) is 124 cm³/mol. The van der Waals surface area contributed by atoms with Crippen LogP contribution in [0.5, 0.6) is 17.2 Å². The molecule has 0 aliphatic carbocycles.